The van der Waals surface area contributed by atoms with E-state index in [1.54, 1.807) is 0 Å². The average molecular weight is 705 g/mol. The molecule has 1 aromatic carbocycles. The second-order valence-corrected chi connectivity index (χ2v) is 10.2. The molecule has 3 aromatic rings. The fourth-order valence-corrected chi connectivity index (χ4v) is 4.56. The lowest BCUT2D eigenvalue weighted by Crippen LogP contribution is -2.51. The highest BCUT2D eigenvalue weighted by Crippen LogP contribution is 2.54. The Morgan fingerprint density at radius 3 is 2.33 bits per heavy atom. The number of amides is 1. The number of nitrogens with one attached hydrogen (secondary N) is 1. The molecule has 1 saturated carbocycles. The van der Waals surface area contributed by atoms with E-state index in [0.29, 0.717) is 29.0 Å². The third kappa shape index (κ3) is 4.98. The predicted octanol–water partition coefficient (Wildman–Crippen LogP) is 6.32. The van der Waals surface area contributed by atoms with Crippen LogP contribution in [0.15, 0.2) is 36.7 Å². The van der Waals surface area contributed by atoms with Crippen LogP contribution >= 0.6 is 34.5 Å². The summed E-state index contributed by atoms with van der Waals surface area (Å²) in [5.41, 5.74) is -8.10. The molecule has 1 fully saturated rings. The lowest BCUT2D eigenvalue weighted by molar-refractivity contribution is -0.350. The number of nitriles is 1. The minimum Gasteiger partial charge on any atom is -0.334 e. The third-order valence-corrected chi connectivity index (χ3v) is 7.57. The van der Waals surface area contributed by atoms with Gasteiger partial charge in [0.15, 0.2) is 5.82 Å². The average Bonchev–Trinajstić information content (AvgIpc) is 3.32. The zero-order valence-corrected chi connectivity index (χ0v) is 23.2. The van der Waals surface area contributed by atoms with Crippen molar-refractivity contribution >= 4 is 46.1 Å². The van der Waals surface area contributed by atoms with Crippen molar-refractivity contribution in [2.75, 3.05) is 10.4 Å². The van der Waals surface area contributed by atoms with E-state index in [1.807, 2.05) is 6.07 Å². The number of hydrogen-bond donors (Lipinski definition) is 1. The smallest absolute Gasteiger partial charge is 0.334 e. The number of anilines is 1. The van der Waals surface area contributed by atoms with Crippen LogP contribution in [0.5, 0.6) is 0 Å². The van der Waals surface area contributed by atoms with Crippen LogP contribution < -0.4 is 8.59 Å². The summed E-state index contributed by atoms with van der Waals surface area (Å²) in [7, 11) is 1.93. The first-order valence-electron chi connectivity index (χ1n) is 11.1. The minimum atomic E-state index is -6.34. The van der Waals surface area contributed by atoms with E-state index in [-0.39, 0.29) is 27.7 Å². The lowest BCUT2D eigenvalue weighted by atomic mass is 10.0. The van der Waals surface area contributed by atoms with E-state index in [0.717, 1.165) is 22.1 Å². The summed E-state index contributed by atoms with van der Waals surface area (Å²) >= 11 is 7.64. The van der Waals surface area contributed by atoms with Gasteiger partial charge in [0.25, 0.3) is 5.91 Å². The number of alkyl halides is 7. The Morgan fingerprint density at radius 1 is 1.18 bits per heavy atom. The van der Waals surface area contributed by atoms with Crippen LogP contribution in [0.3, 0.4) is 0 Å². The van der Waals surface area contributed by atoms with Gasteiger partial charge in [-0.05, 0) is 36.6 Å². The fraction of sp³-hybridized carbons (Fsp3) is 0.348. The Morgan fingerprint density at radius 2 is 1.80 bits per heavy atom. The Hall–Kier alpha value is -3.04. The van der Waals surface area contributed by atoms with Gasteiger partial charge in [-0.1, -0.05) is 17.7 Å². The molecule has 0 spiro atoms. The van der Waals surface area contributed by atoms with Crippen molar-refractivity contribution in [3.05, 3.63) is 52.9 Å². The van der Waals surface area contributed by atoms with E-state index in [4.69, 9.17) is 16.4 Å². The van der Waals surface area contributed by atoms with Gasteiger partial charge < -0.3 is 9.88 Å². The van der Waals surface area contributed by atoms with Gasteiger partial charge in [-0.2, -0.15) is 40.0 Å². The van der Waals surface area contributed by atoms with Gasteiger partial charge in [-0.15, -0.1) is 0 Å². The number of halogens is 9. The van der Waals surface area contributed by atoms with Gasteiger partial charge >= 0.3 is 18.0 Å². The molecule has 4 rings (SSSR count). The third-order valence-electron chi connectivity index (χ3n) is 6.33. The van der Waals surface area contributed by atoms with E-state index >= 15 is 4.39 Å². The highest BCUT2D eigenvalue weighted by molar-refractivity contribution is 14.1. The number of aromatic nitrogens is 3. The molecule has 1 amide bonds. The molecule has 1 N–H and O–H groups in total. The van der Waals surface area contributed by atoms with Crippen molar-refractivity contribution in [3.8, 4) is 23.0 Å². The molecular formula is C23H17ClF7IN6O2. The predicted molar refractivity (Wildman–Crippen MR) is 136 cm³/mol. The minimum absolute atomic E-state index is 0.0330. The number of carbonyl (C=O) groups excluding carboxylic acids is 1. The maximum Gasteiger partial charge on any atom is 0.437 e. The number of hydrogen-bond acceptors (Lipinski definition) is 5. The Balaban J connectivity index is 1.80. The molecule has 8 nitrogen and oxygen atoms in total. The Labute approximate surface area is 240 Å². The van der Waals surface area contributed by atoms with Gasteiger partial charge in [0.05, 0.1) is 58.5 Å². The highest BCUT2D eigenvalue weighted by atomic mass is 127. The first-order valence-corrected chi connectivity index (χ1v) is 12.5. The van der Waals surface area contributed by atoms with Crippen LogP contribution in [-0.2, 0) is 17.6 Å². The van der Waals surface area contributed by atoms with Crippen molar-refractivity contribution in [1.82, 2.24) is 19.7 Å². The first-order chi connectivity index (χ1) is 18.5. The van der Waals surface area contributed by atoms with Gasteiger partial charge in [-0.3, -0.25) is 9.63 Å². The summed E-state index contributed by atoms with van der Waals surface area (Å²) in [5.74, 6) is -0.989. The van der Waals surface area contributed by atoms with E-state index < -0.39 is 35.2 Å². The SMILES string of the molecule is CON(I)c1cc(C(F)(C(F)(F)F)C(F)(F)F)n(C)c1-n1cc(-c2ccc(Cl)c(C(=O)NC3(C#N)CC3)c2)cn1. The second-order valence-electron chi connectivity index (χ2n) is 8.90. The molecule has 0 radical (unpaired) electrons. The van der Waals surface area contributed by atoms with E-state index in [1.165, 1.54) is 53.5 Å². The van der Waals surface area contributed by atoms with Gasteiger partial charge in [0.1, 0.15) is 11.2 Å². The van der Waals surface area contributed by atoms with E-state index in [2.05, 4.69) is 10.4 Å². The van der Waals surface area contributed by atoms with Crippen LogP contribution in [-0.4, -0.2) is 45.3 Å². The van der Waals surface area contributed by atoms with Gasteiger partial charge in [0, 0.05) is 18.8 Å². The van der Waals surface area contributed by atoms with Crippen molar-refractivity contribution in [2.45, 2.75) is 36.4 Å². The lowest BCUT2D eigenvalue weighted by Gasteiger charge is -2.30. The maximum atomic E-state index is 15.0. The second kappa shape index (κ2) is 10.1. The molecule has 2 aromatic heterocycles. The number of rotatable bonds is 7. The standard InChI is InChI=1S/C23H17ClF7IN6O2/c1-36-17(21(25,22(26,27)28)23(29,30)31)8-16(38(32)40-2)19(36)37-10-13(9-34-37)12-3-4-15(24)14(7-12)18(39)35-20(11-33)5-6-20/h3-4,7-10H,5-6H2,1-2H3,(H,35,39). The molecule has 0 atom stereocenters. The van der Waals surface area contributed by atoms with E-state index in [9.17, 15) is 36.4 Å². The van der Waals surface area contributed by atoms with Crippen LogP contribution in [0.4, 0.5) is 36.4 Å². The van der Waals surface area contributed by atoms with Crippen LogP contribution in [0.25, 0.3) is 16.9 Å². The summed E-state index contributed by atoms with van der Waals surface area (Å²) in [4.78, 5) is 17.7. The van der Waals surface area contributed by atoms with Crippen molar-refractivity contribution in [1.29, 1.82) is 5.26 Å². The van der Waals surface area contributed by atoms with Crippen molar-refractivity contribution < 1.29 is 40.4 Å². The molecule has 0 aliphatic heterocycles. The summed E-state index contributed by atoms with van der Waals surface area (Å²) in [5, 5.41) is 16.0. The Kier molecular flexibility index (Phi) is 7.56. The molecule has 0 bridgehead atoms. The van der Waals surface area contributed by atoms with Crippen LogP contribution in [0.2, 0.25) is 5.02 Å². The number of benzene rings is 1. The zero-order chi connectivity index (χ0) is 29.8. The normalized spacial score (nSPS) is 15.1. The molecule has 214 valence electrons. The number of nitrogens with zero attached hydrogens (tertiary/aromatic N) is 5. The highest BCUT2D eigenvalue weighted by Gasteiger charge is 2.75. The monoisotopic (exact) mass is 704 g/mol. The molecule has 0 saturated heterocycles. The maximum absolute atomic E-state index is 15.0. The molecule has 1 aliphatic rings. The van der Waals surface area contributed by atoms with Crippen molar-refractivity contribution in [2.24, 2.45) is 7.05 Å². The fourth-order valence-electron chi connectivity index (χ4n) is 4.00. The number of carbonyl (C=O) groups is 1. The zero-order valence-electron chi connectivity index (χ0n) is 20.3. The first kappa shape index (κ1) is 29.9. The van der Waals surface area contributed by atoms with Gasteiger partial charge in [0.2, 0.25) is 0 Å². The summed E-state index contributed by atoms with van der Waals surface area (Å²) in [6.07, 6.45) is -9.21. The molecule has 2 heterocycles. The molecule has 17 heteroatoms. The van der Waals surface area contributed by atoms with Crippen LogP contribution in [0.1, 0.15) is 28.9 Å². The van der Waals surface area contributed by atoms with Crippen molar-refractivity contribution in [3.63, 3.8) is 0 Å². The Bertz CT molecular complexity index is 1490. The quantitative estimate of drug-likeness (QED) is 0.135. The molecule has 1 aliphatic carbocycles. The summed E-state index contributed by atoms with van der Waals surface area (Å²) in [6.45, 7) is 0. The summed E-state index contributed by atoms with van der Waals surface area (Å²) < 4.78 is 98.4. The molecular weight excluding hydrogens is 688 g/mol. The van der Waals surface area contributed by atoms with Crippen LogP contribution in [0, 0.1) is 11.3 Å². The topological polar surface area (TPSA) is 88.1 Å². The molecule has 40 heavy (non-hydrogen) atoms. The van der Waals surface area contributed by atoms with Gasteiger partial charge in [-0.25, -0.2) is 9.07 Å². The summed E-state index contributed by atoms with van der Waals surface area (Å²) in [6, 6.07) is 6.71. The molecule has 0 unspecified atom stereocenters. The largest absolute Gasteiger partial charge is 0.437 e.